The van der Waals surface area contributed by atoms with Gasteiger partial charge in [0.15, 0.2) is 10.6 Å². The molecule has 14 heteroatoms. The van der Waals surface area contributed by atoms with Crippen molar-refractivity contribution in [3.05, 3.63) is 51.0 Å². The number of aromatic nitrogens is 4. The summed E-state index contributed by atoms with van der Waals surface area (Å²) in [5.74, 6) is -0.354. The minimum Gasteiger partial charge on any atom is -0.494 e. The lowest BCUT2D eigenvalue weighted by atomic mass is 10.3. The van der Waals surface area contributed by atoms with E-state index in [1.54, 1.807) is 0 Å². The van der Waals surface area contributed by atoms with Crippen LogP contribution >= 0.6 is 12.2 Å². The molecule has 31 heavy (non-hydrogen) atoms. The van der Waals surface area contributed by atoms with Gasteiger partial charge in [-0.15, -0.1) is 0 Å². The van der Waals surface area contributed by atoms with Crippen molar-refractivity contribution >= 4 is 40.0 Å². The lowest BCUT2D eigenvalue weighted by Crippen LogP contribution is -2.14. The van der Waals surface area contributed by atoms with Crippen molar-refractivity contribution in [2.75, 3.05) is 18.9 Å². The maximum absolute atomic E-state index is 12.6. The molecule has 3 aromatic rings. The van der Waals surface area contributed by atoms with Crippen LogP contribution in [0.2, 0.25) is 0 Å². The topological polar surface area (TPSA) is 172 Å². The summed E-state index contributed by atoms with van der Waals surface area (Å²) in [6.45, 7) is 0. The number of nitrogens with zero attached hydrogens (tertiary/aromatic N) is 3. The van der Waals surface area contributed by atoms with Crippen LogP contribution in [0.1, 0.15) is 5.56 Å². The van der Waals surface area contributed by atoms with E-state index in [9.17, 15) is 18.3 Å². The van der Waals surface area contributed by atoms with Crippen LogP contribution in [0.3, 0.4) is 0 Å². The molecular weight excluding hydrogens is 448 g/mol. The van der Waals surface area contributed by atoms with Crippen LogP contribution in [-0.2, 0) is 10.0 Å². The molecule has 0 radical (unpaired) electrons. The Balaban J connectivity index is 1.82. The summed E-state index contributed by atoms with van der Waals surface area (Å²) in [5, 5.41) is 9.77. The van der Waals surface area contributed by atoms with Crippen molar-refractivity contribution in [3.63, 3.8) is 0 Å². The van der Waals surface area contributed by atoms with Crippen molar-refractivity contribution in [3.8, 4) is 17.8 Å². The van der Waals surface area contributed by atoms with E-state index < -0.39 is 21.5 Å². The van der Waals surface area contributed by atoms with Crippen LogP contribution in [0.15, 0.2) is 45.0 Å². The van der Waals surface area contributed by atoms with Gasteiger partial charge in [-0.25, -0.2) is 8.42 Å². The number of hydrogen-bond acceptors (Lipinski definition) is 10. The van der Waals surface area contributed by atoms with Gasteiger partial charge in [-0.05, 0) is 36.5 Å². The number of rotatable bonds is 7. The van der Waals surface area contributed by atoms with E-state index >= 15 is 0 Å². The second-order valence-electron chi connectivity index (χ2n) is 5.81. The van der Waals surface area contributed by atoms with Crippen LogP contribution in [0.4, 0.5) is 11.5 Å². The Kier molecular flexibility index (Phi) is 6.31. The largest absolute Gasteiger partial charge is 0.494 e. The van der Waals surface area contributed by atoms with Gasteiger partial charge in [0, 0.05) is 12.3 Å². The summed E-state index contributed by atoms with van der Waals surface area (Å²) in [5.41, 5.74) is -0.409. The highest BCUT2D eigenvalue weighted by Crippen LogP contribution is 2.22. The number of benzene rings is 1. The maximum atomic E-state index is 12.6. The summed E-state index contributed by atoms with van der Waals surface area (Å²) in [7, 11) is -1.27. The molecule has 0 aliphatic carbocycles. The molecule has 0 aliphatic rings. The molecule has 1 aromatic carbocycles. The first kappa shape index (κ1) is 21.9. The van der Waals surface area contributed by atoms with Gasteiger partial charge >= 0.3 is 6.01 Å². The number of aromatic amines is 2. The Hall–Kier alpha value is -3.78. The molecule has 0 saturated heterocycles. The van der Waals surface area contributed by atoms with E-state index in [-0.39, 0.29) is 32.9 Å². The van der Waals surface area contributed by atoms with Crippen LogP contribution in [0.25, 0.3) is 0 Å². The Morgan fingerprint density at radius 3 is 2.48 bits per heavy atom. The van der Waals surface area contributed by atoms with Crippen molar-refractivity contribution in [2.45, 2.75) is 4.90 Å². The van der Waals surface area contributed by atoms with E-state index in [0.717, 1.165) is 6.21 Å². The van der Waals surface area contributed by atoms with Crippen molar-refractivity contribution in [1.82, 2.24) is 19.9 Å². The standard InChI is InChI=1S/C17H16N6O6S2/c1-28-13-7-12(19-16(20-13)29-2)23-31(26,27)10-5-3-9(4-6-10)18-8-11-14(24)21-17(30)22-15(11)25/h3-8H,1-2H3,(H,19,20,23)(H3,21,22,24,25,30). The van der Waals surface area contributed by atoms with Gasteiger partial charge in [0.05, 0.1) is 24.8 Å². The fourth-order valence-corrected chi connectivity index (χ4v) is 3.48. The second kappa shape index (κ2) is 8.93. The summed E-state index contributed by atoms with van der Waals surface area (Å²) in [6.07, 6.45) is 1.13. The average molecular weight is 464 g/mol. The lowest BCUT2D eigenvalue weighted by molar-refractivity contribution is 0.353. The van der Waals surface area contributed by atoms with E-state index in [4.69, 9.17) is 21.7 Å². The van der Waals surface area contributed by atoms with E-state index in [1.165, 1.54) is 44.6 Å². The van der Waals surface area contributed by atoms with Crippen molar-refractivity contribution in [2.24, 2.45) is 4.99 Å². The molecule has 0 atom stereocenters. The zero-order chi connectivity index (χ0) is 22.6. The molecule has 0 saturated carbocycles. The first-order valence-corrected chi connectivity index (χ1v) is 10.3. The van der Waals surface area contributed by atoms with E-state index in [2.05, 4.69) is 29.7 Å². The fraction of sp³-hybridized carbons (Fsp3) is 0.118. The van der Waals surface area contributed by atoms with Gasteiger partial charge in [-0.2, -0.15) is 9.97 Å². The Labute approximate surface area is 180 Å². The monoisotopic (exact) mass is 464 g/mol. The van der Waals surface area contributed by atoms with Crippen LogP contribution in [0, 0.1) is 4.77 Å². The first-order chi connectivity index (χ1) is 14.7. The highest BCUT2D eigenvalue weighted by atomic mass is 32.2. The number of aromatic hydroxyl groups is 1. The van der Waals surface area contributed by atoms with Gasteiger partial charge < -0.3 is 19.6 Å². The average Bonchev–Trinajstić information content (AvgIpc) is 2.72. The van der Waals surface area contributed by atoms with Crippen LogP contribution in [-0.4, -0.2) is 53.9 Å². The molecule has 12 nitrogen and oxygen atoms in total. The van der Waals surface area contributed by atoms with Gasteiger partial charge in [-0.1, -0.05) is 0 Å². The summed E-state index contributed by atoms with van der Waals surface area (Å²) in [4.78, 5) is 28.3. The van der Waals surface area contributed by atoms with Crippen molar-refractivity contribution in [1.29, 1.82) is 0 Å². The third-order valence-corrected chi connectivity index (χ3v) is 5.34. The SMILES string of the molecule is COc1cc(NS(=O)(=O)c2ccc(N=Cc3c(O)[nH]c(=S)[nH]c3=O)cc2)nc(OC)n1. The number of methoxy groups -OCH3 is 2. The van der Waals surface area contributed by atoms with Crippen LogP contribution < -0.4 is 19.8 Å². The third-order valence-electron chi connectivity index (χ3n) is 3.76. The first-order valence-electron chi connectivity index (χ1n) is 8.41. The highest BCUT2D eigenvalue weighted by Gasteiger charge is 2.17. The fourth-order valence-electron chi connectivity index (χ4n) is 2.30. The molecule has 162 valence electrons. The highest BCUT2D eigenvalue weighted by molar-refractivity contribution is 7.92. The Morgan fingerprint density at radius 2 is 1.87 bits per heavy atom. The summed E-state index contributed by atoms with van der Waals surface area (Å²) < 4.78 is 37.4. The molecular formula is C17H16N6O6S2. The lowest BCUT2D eigenvalue weighted by Gasteiger charge is -2.09. The van der Waals surface area contributed by atoms with Gasteiger partial charge in [0.2, 0.25) is 11.8 Å². The molecule has 2 aromatic heterocycles. The molecule has 2 heterocycles. The van der Waals surface area contributed by atoms with E-state index in [0.29, 0.717) is 5.69 Å². The predicted molar refractivity (Wildman–Crippen MR) is 114 cm³/mol. The number of anilines is 1. The number of hydrogen-bond donors (Lipinski definition) is 4. The number of sulfonamides is 1. The molecule has 0 amide bonds. The second-order valence-corrected chi connectivity index (χ2v) is 7.90. The number of nitrogens with one attached hydrogen (secondary N) is 3. The maximum Gasteiger partial charge on any atom is 0.321 e. The zero-order valence-corrected chi connectivity index (χ0v) is 17.7. The van der Waals surface area contributed by atoms with E-state index in [1.807, 2.05) is 0 Å². The minimum absolute atomic E-state index is 0.0272. The molecule has 0 aliphatic heterocycles. The zero-order valence-electron chi connectivity index (χ0n) is 16.1. The van der Waals surface area contributed by atoms with Gasteiger partial charge in [0.1, 0.15) is 5.56 Å². The van der Waals surface area contributed by atoms with Crippen LogP contribution in [0.5, 0.6) is 17.8 Å². The number of aliphatic imine (C=N–C) groups is 1. The predicted octanol–water partition coefficient (Wildman–Crippen LogP) is 1.50. The Morgan fingerprint density at radius 1 is 1.16 bits per heavy atom. The molecule has 0 spiro atoms. The van der Waals surface area contributed by atoms with Crippen molar-refractivity contribution < 1.29 is 23.0 Å². The molecule has 0 fully saturated rings. The number of ether oxygens (including phenoxy) is 2. The van der Waals surface area contributed by atoms with Gasteiger partial charge in [0.25, 0.3) is 15.6 Å². The number of H-pyrrole nitrogens is 2. The summed E-state index contributed by atoms with van der Waals surface area (Å²) in [6, 6.07) is 6.70. The Bertz CT molecular complexity index is 1330. The minimum atomic E-state index is -3.98. The molecule has 0 unspecified atom stereocenters. The normalized spacial score (nSPS) is 11.4. The molecule has 3 rings (SSSR count). The molecule has 0 bridgehead atoms. The van der Waals surface area contributed by atoms with Gasteiger partial charge in [-0.3, -0.25) is 19.5 Å². The smallest absolute Gasteiger partial charge is 0.321 e. The quantitative estimate of drug-likeness (QED) is 0.298. The third kappa shape index (κ3) is 5.23. The molecule has 4 N–H and O–H groups in total. The summed E-state index contributed by atoms with van der Waals surface area (Å²) >= 11 is 4.75.